The molecule has 2 nitrogen and oxygen atoms in total. The summed E-state index contributed by atoms with van der Waals surface area (Å²) in [6.07, 6.45) is 0. The lowest BCUT2D eigenvalue weighted by atomic mass is 9.94. The van der Waals surface area contributed by atoms with Crippen molar-refractivity contribution in [2.45, 2.75) is 17.6 Å². The summed E-state index contributed by atoms with van der Waals surface area (Å²) in [5.41, 5.74) is 0. The summed E-state index contributed by atoms with van der Waals surface area (Å²) in [7, 11) is 8.01. The molecule has 4 atom stereocenters. The number of rotatable bonds is 0. The molecule has 0 aromatic heterocycles. The monoisotopic (exact) mass is 196 g/mol. The van der Waals surface area contributed by atoms with Crippen molar-refractivity contribution < 1.29 is 9.31 Å². The summed E-state index contributed by atoms with van der Waals surface area (Å²) in [6, 6.07) is 0. The Hall–Kier alpha value is 1.27. The minimum Gasteiger partial charge on any atom is -0.410 e. The third kappa shape index (κ3) is 2.13. The smallest absolute Gasteiger partial charge is 0.410 e. The van der Waals surface area contributed by atoms with Gasteiger partial charge in [-0.2, -0.15) is 0 Å². The van der Waals surface area contributed by atoms with Gasteiger partial charge < -0.3 is 9.31 Å². The van der Waals surface area contributed by atoms with Gasteiger partial charge in [0.15, 0.2) is 0 Å². The zero-order valence-corrected chi connectivity index (χ0v) is 9.37. The van der Waals surface area contributed by atoms with E-state index in [1.165, 1.54) is 0 Å². The second-order valence-corrected chi connectivity index (χ2v) is 5.97. The van der Waals surface area contributed by atoms with Crippen molar-refractivity contribution in [3.63, 3.8) is 0 Å². The fourth-order valence-corrected chi connectivity index (χ4v) is 1.38. The van der Waals surface area contributed by atoms with Crippen molar-refractivity contribution in [1.29, 1.82) is 0 Å². The molecule has 1 heterocycles. The SMILES string of the molecule is CB1OCC(P)(P)C(P)O1. The van der Waals surface area contributed by atoms with Crippen LogP contribution in [0.1, 0.15) is 0 Å². The fourth-order valence-electron chi connectivity index (χ4n) is 0.716. The van der Waals surface area contributed by atoms with E-state index in [1.54, 1.807) is 0 Å². The Kier molecular flexibility index (Phi) is 3.12. The van der Waals surface area contributed by atoms with Crippen molar-refractivity contribution in [3.8, 4) is 0 Å². The minimum atomic E-state index is -0.0725. The molecule has 0 saturated carbocycles. The molecule has 6 heteroatoms. The predicted octanol–water partition coefficient (Wildman–Crippen LogP) is 0.799. The highest BCUT2D eigenvalue weighted by Crippen LogP contribution is 2.39. The second kappa shape index (κ2) is 3.34. The molecule has 1 fully saturated rings. The normalized spacial score (nSPS) is 32.4. The molecular formula is C4H12BO2P3. The van der Waals surface area contributed by atoms with E-state index in [0.717, 1.165) is 0 Å². The van der Waals surface area contributed by atoms with Gasteiger partial charge in [0, 0.05) is 11.5 Å². The molecule has 10 heavy (non-hydrogen) atoms. The summed E-state index contributed by atoms with van der Waals surface area (Å²) < 4.78 is 10.7. The molecule has 0 N–H and O–H groups in total. The van der Waals surface area contributed by atoms with Crippen LogP contribution in [0.15, 0.2) is 0 Å². The van der Waals surface area contributed by atoms with Crippen molar-refractivity contribution in [3.05, 3.63) is 0 Å². The molecule has 1 rings (SSSR count). The van der Waals surface area contributed by atoms with Crippen LogP contribution in [0.3, 0.4) is 0 Å². The Morgan fingerprint density at radius 2 is 2.20 bits per heavy atom. The van der Waals surface area contributed by atoms with E-state index in [-0.39, 0.29) is 17.9 Å². The highest BCUT2D eigenvalue weighted by atomic mass is 31.1. The van der Waals surface area contributed by atoms with Crippen LogP contribution in [0.2, 0.25) is 6.82 Å². The van der Waals surface area contributed by atoms with E-state index < -0.39 is 0 Å². The molecule has 1 saturated heterocycles. The standard InChI is InChI=1S/C4H12BO2P3/c1-5-6-2-4(9,10)3(8)7-5/h3H,2,8-10H2,1H3. The lowest BCUT2D eigenvalue weighted by Gasteiger charge is -2.37. The maximum atomic E-state index is 5.40. The topological polar surface area (TPSA) is 18.5 Å². The van der Waals surface area contributed by atoms with E-state index in [0.29, 0.717) is 6.61 Å². The Morgan fingerprint density at radius 3 is 2.60 bits per heavy atom. The third-order valence-corrected chi connectivity index (χ3v) is 3.97. The average Bonchev–Trinajstić information content (AvgIpc) is 1.81. The van der Waals surface area contributed by atoms with E-state index in [4.69, 9.17) is 9.31 Å². The molecule has 0 spiro atoms. The molecule has 4 unspecified atom stereocenters. The Morgan fingerprint density at radius 1 is 1.60 bits per heavy atom. The Balaban J connectivity index is 2.52. The van der Waals surface area contributed by atoms with Gasteiger partial charge >= 0.3 is 7.12 Å². The van der Waals surface area contributed by atoms with Crippen LogP contribution in [0.4, 0.5) is 0 Å². The fraction of sp³-hybridized carbons (Fsp3) is 1.00. The lowest BCUT2D eigenvalue weighted by molar-refractivity contribution is 0.114. The van der Waals surface area contributed by atoms with E-state index >= 15 is 0 Å². The first-order chi connectivity index (χ1) is 4.52. The van der Waals surface area contributed by atoms with E-state index in [9.17, 15) is 0 Å². The largest absolute Gasteiger partial charge is 0.454 e. The van der Waals surface area contributed by atoms with Gasteiger partial charge in [0.1, 0.15) is 0 Å². The maximum absolute atomic E-state index is 5.40. The highest BCUT2D eigenvalue weighted by Gasteiger charge is 2.35. The average molecular weight is 196 g/mol. The number of hydrogen-bond acceptors (Lipinski definition) is 2. The quantitative estimate of drug-likeness (QED) is 0.421. The van der Waals surface area contributed by atoms with E-state index in [1.807, 2.05) is 6.82 Å². The van der Waals surface area contributed by atoms with Gasteiger partial charge in [-0.25, -0.2) is 0 Å². The molecule has 0 radical (unpaired) electrons. The molecular weight excluding hydrogens is 184 g/mol. The Labute approximate surface area is 68.9 Å². The highest BCUT2D eigenvalue weighted by molar-refractivity contribution is 7.42. The van der Waals surface area contributed by atoms with Crippen LogP contribution in [-0.2, 0) is 9.31 Å². The van der Waals surface area contributed by atoms with Gasteiger partial charge in [-0.05, 0) is 6.82 Å². The van der Waals surface area contributed by atoms with Crippen molar-refractivity contribution in [2.24, 2.45) is 0 Å². The van der Waals surface area contributed by atoms with Gasteiger partial charge in [-0.3, -0.25) is 0 Å². The minimum absolute atomic E-state index is 0.0306. The van der Waals surface area contributed by atoms with Gasteiger partial charge in [0.05, 0.1) is 5.85 Å². The van der Waals surface area contributed by atoms with Crippen LogP contribution >= 0.6 is 27.7 Å². The molecule has 58 valence electrons. The zero-order chi connectivity index (χ0) is 7.78. The van der Waals surface area contributed by atoms with Gasteiger partial charge in [-0.1, -0.05) is 0 Å². The van der Waals surface area contributed by atoms with Gasteiger partial charge in [-0.15, -0.1) is 27.7 Å². The zero-order valence-electron chi connectivity index (χ0n) is 5.91. The third-order valence-electron chi connectivity index (χ3n) is 1.44. The maximum Gasteiger partial charge on any atom is 0.454 e. The first-order valence-electron chi connectivity index (χ1n) is 3.13. The summed E-state index contributed by atoms with van der Waals surface area (Å²) in [5, 5.41) is 0. The number of hydrogen-bond donors (Lipinski definition) is 0. The summed E-state index contributed by atoms with van der Waals surface area (Å²) in [6.45, 7) is 2.61. The van der Waals surface area contributed by atoms with Crippen LogP contribution in [-0.4, -0.2) is 24.5 Å². The predicted molar refractivity (Wildman–Crippen MR) is 54.3 cm³/mol. The van der Waals surface area contributed by atoms with Crippen LogP contribution in [0.25, 0.3) is 0 Å². The summed E-state index contributed by atoms with van der Waals surface area (Å²) >= 11 is 0. The molecule has 0 aromatic rings. The molecule has 0 aromatic carbocycles. The second-order valence-electron chi connectivity index (χ2n) is 2.55. The molecule has 0 aliphatic carbocycles. The van der Waals surface area contributed by atoms with Gasteiger partial charge in [0.2, 0.25) is 0 Å². The molecule has 1 aliphatic rings. The molecule has 0 amide bonds. The van der Waals surface area contributed by atoms with Crippen molar-refractivity contribution in [2.75, 3.05) is 6.61 Å². The van der Waals surface area contributed by atoms with Crippen LogP contribution in [0.5, 0.6) is 0 Å². The summed E-state index contributed by atoms with van der Waals surface area (Å²) in [5.74, 6) is 0.145. The van der Waals surface area contributed by atoms with Crippen LogP contribution in [0, 0.1) is 0 Å². The first-order valence-corrected chi connectivity index (χ1v) is 4.95. The molecule has 1 aliphatic heterocycles. The van der Waals surface area contributed by atoms with Crippen molar-refractivity contribution in [1.82, 2.24) is 0 Å². The summed E-state index contributed by atoms with van der Waals surface area (Å²) in [4.78, 5) is -0.0306. The van der Waals surface area contributed by atoms with Crippen molar-refractivity contribution >= 4 is 34.8 Å². The first kappa shape index (κ1) is 9.36. The van der Waals surface area contributed by atoms with E-state index in [2.05, 4.69) is 27.7 Å². The van der Waals surface area contributed by atoms with Gasteiger partial charge in [0.25, 0.3) is 0 Å². The molecule has 0 bridgehead atoms. The lowest BCUT2D eigenvalue weighted by Crippen LogP contribution is -2.44. The van der Waals surface area contributed by atoms with Crippen LogP contribution < -0.4 is 0 Å². The Bertz CT molecular complexity index is 132.